The van der Waals surface area contributed by atoms with Crippen molar-refractivity contribution in [3.63, 3.8) is 0 Å². The Bertz CT molecular complexity index is 1190. The second-order valence-electron chi connectivity index (χ2n) is 5.95. The van der Waals surface area contributed by atoms with Crippen LogP contribution in [0.15, 0.2) is 57.1 Å². The quantitative estimate of drug-likeness (QED) is 0.583. The van der Waals surface area contributed by atoms with Crippen molar-refractivity contribution in [2.24, 2.45) is 0 Å². The number of hydrogen-bond donors (Lipinski definition) is 1. The third-order valence-electron chi connectivity index (χ3n) is 4.05. The number of nitrogens with zero attached hydrogens (tertiary/aromatic N) is 2. The Morgan fingerprint density at radius 1 is 1.26 bits per heavy atom. The van der Waals surface area contributed by atoms with E-state index in [0.29, 0.717) is 16.0 Å². The summed E-state index contributed by atoms with van der Waals surface area (Å²) >= 11 is 1.31. The second kappa shape index (κ2) is 6.81. The molecule has 6 nitrogen and oxygen atoms in total. The molecule has 27 heavy (non-hydrogen) atoms. The van der Waals surface area contributed by atoms with E-state index in [-0.39, 0.29) is 29.2 Å². The minimum atomic E-state index is -0.426. The van der Waals surface area contributed by atoms with Crippen LogP contribution < -0.4 is 5.56 Å². The van der Waals surface area contributed by atoms with Gasteiger partial charge in [0.2, 0.25) is 0 Å². The van der Waals surface area contributed by atoms with Crippen molar-refractivity contribution in [3.05, 3.63) is 75.6 Å². The van der Waals surface area contributed by atoms with Crippen LogP contribution in [0.1, 0.15) is 16.4 Å². The van der Waals surface area contributed by atoms with Crippen LogP contribution >= 0.6 is 11.3 Å². The van der Waals surface area contributed by atoms with E-state index in [2.05, 4.69) is 9.97 Å². The Balaban J connectivity index is 1.55. The average molecular weight is 383 g/mol. The SMILES string of the molecule is CN(Cc1nc2ccsc2c(=O)[nH]1)C(=O)c1ccc(-c2ccccc2F)o1. The van der Waals surface area contributed by atoms with Crippen molar-refractivity contribution in [3.8, 4) is 11.3 Å². The molecule has 0 saturated heterocycles. The highest BCUT2D eigenvalue weighted by Gasteiger charge is 2.19. The number of benzene rings is 1. The number of furan rings is 1. The third-order valence-corrected chi connectivity index (χ3v) is 4.96. The largest absolute Gasteiger partial charge is 0.451 e. The minimum absolute atomic E-state index is 0.0784. The van der Waals surface area contributed by atoms with Crippen molar-refractivity contribution in [2.75, 3.05) is 7.05 Å². The van der Waals surface area contributed by atoms with Gasteiger partial charge < -0.3 is 14.3 Å². The van der Waals surface area contributed by atoms with E-state index in [9.17, 15) is 14.0 Å². The first-order chi connectivity index (χ1) is 13.0. The summed E-state index contributed by atoms with van der Waals surface area (Å²) in [5, 5.41) is 1.79. The third kappa shape index (κ3) is 3.26. The Labute approximate surface area is 156 Å². The number of H-pyrrole nitrogens is 1. The number of rotatable bonds is 4. The van der Waals surface area contributed by atoms with Crippen LogP contribution in [0.4, 0.5) is 4.39 Å². The highest BCUT2D eigenvalue weighted by molar-refractivity contribution is 7.17. The maximum Gasteiger partial charge on any atom is 0.289 e. The van der Waals surface area contributed by atoms with E-state index >= 15 is 0 Å². The van der Waals surface area contributed by atoms with Crippen LogP contribution in [0.2, 0.25) is 0 Å². The number of carbonyl (C=O) groups excluding carboxylic acids is 1. The highest BCUT2D eigenvalue weighted by atomic mass is 32.1. The molecule has 0 radical (unpaired) electrons. The molecule has 0 bridgehead atoms. The van der Waals surface area contributed by atoms with Gasteiger partial charge in [-0.25, -0.2) is 9.37 Å². The van der Waals surface area contributed by atoms with Gasteiger partial charge in [-0.15, -0.1) is 11.3 Å². The maximum atomic E-state index is 13.9. The predicted molar refractivity (Wildman–Crippen MR) is 100 cm³/mol. The maximum absolute atomic E-state index is 13.9. The fraction of sp³-hybridized carbons (Fsp3) is 0.105. The molecule has 1 amide bonds. The summed E-state index contributed by atoms with van der Waals surface area (Å²) in [4.78, 5) is 33.0. The summed E-state index contributed by atoms with van der Waals surface area (Å²) < 4.78 is 20.0. The first-order valence-electron chi connectivity index (χ1n) is 8.09. The number of halogens is 1. The molecule has 8 heteroatoms. The van der Waals surface area contributed by atoms with E-state index in [4.69, 9.17) is 4.42 Å². The van der Waals surface area contributed by atoms with Crippen molar-refractivity contribution in [1.29, 1.82) is 0 Å². The Morgan fingerprint density at radius 3 is 2.89 bits per heavy atom. The minimum Gasteiger partial charge on any atom is -0.451 e. The predicted octanol–water partition coefficient (Wildman–Crippen LogP) is 3.66. The van der Waals surface area contributed by atoms with Gasteiger partial charge in [0.1, 0.15) is 22.1 Å². The molecule has 3 aromatic heterocycles. The number of thiophene rings is 1. The first kappa shape index (κ1) is 17.2. The van der Waals surface area contributed by atoms with E-state index < -0.39 is 11.7 Å². The van der Waals surface area contributed by atoms with Gasteiger partial charge in [-0.1, -0.05) is 12.1 Å². The number of nitrogens with one attached hydrogen (secondary N) is 1. The van der Waals surface area contributed by atoms with E-state index in [0.717, 1.165) is 0 Å². The molecule has 0 aliphatic heterocycles. The molecule has 4 aromatic rings. The number of fused-ring (bicyclic) bond motifs is 1. The number of aromatic nitrogens is 2. The summed E-state index contributed by atoms with van der Waals surface area (Å²) in [6.07, 6.45) is 0. The summed E-state index contributed by atoms with van der Waals surface area (Å²) in [7, 11) is 1.57. The lowest BCUT2D eigenvalue weighted by atomic mass is 10.1. The van der Waals surface area contributed by atoms with Crippen molar-refractivity contribution in [2.45, 2.75) is 6.54 Å². The summed E-state index contributed by atoms with van der Waals surface area (Å²) in [5.41, 5.74) is 0.651. The lowest BCUT2D eigenvalue weighted by Gasteiger charge is -2.15. The number of aromatic amines is 1. The normalized spacial score (nSPS) is 11.0. The van der Waals surface area contributed by atoms with E-state index in [1.165, 1.54) is 28.4 Å². The summed E-state index contributed by atoms with van der Waals surface area (Å²) in [6, 6.07) is 11.0. The average Bonchev–Trinajstić information content (AvgIpc) is 3.31. The highest BCUT2D eigenvalue weighted by Crippen LogP contribution is 2.25. The van der Waals surface area contributed by atoms with Crippen LogP contribution in [-0.2, 0) is 6.54 Å². The van der Waals surface area contributed by atoms with E-state index in [1.807, 2.05) is 0 Å². The van der Waals surface area contributed by atoms with Gasteiger partial charge in [-0.3, -0.25) is 9.59 Å². The van der Waals surface area contributed by atoms with Gasteiger partial charge in [0.05, 0.1) is 17.6 Å². The Kier molecular flexibility index (Phi) is 4.33. The monoisotopic (exact) mass is 383 g/mol. The van der Waals surface area contributed by atoms with Gasteiger partial charge in [-0.05, 0) is 35.7 Å². The fourth-order valence-electron chi connectivity index (χ4n) is 2.74. The molecule has 3 heterocycles. The van der Waals surface area contributed by atoms with Crippen LogP contribution in [0.25, 0.3) is 21.5 Å². The van der Waals surface area contributed by atoms with Gasteiger partial charge in [0.15, 0.2) is 5.76 Å². The molecule has 4 rings (SSSR count). The van der Waals surface area contributed by atoms with Gasteiger partial charge in [0, 0.05) is 7.05 Å². The zero-order valence-electron chi connectivity index (χ0n) is 14.2. The smallest absolute Gasteiger partial charge is 0.289 e. The summed E-state index contributed by atoms with van der Waals surface area (Å²) in [5.74, 6) is -0.0934. The van der Waals surface area contributed by atoms with Gasteiger partial charge in [-0.2, -0.15) is 0 Å². The van der Waals surface area contributed by atoms with E-state index in [1.54, 1.807) is 42.8 Å². The van der Waals surface area contributed by atoms with Gasteiger partial charge in [0.25, 0.3) is 11.5 Å². The van der Waals surface area contributed by atoms with Crippen LogP contribution in [0.3, 0.4) is 0 Å². The molecule has 0 fully saturated rings. The standard InChI is InChI=1S/C19H14FN3O3S/c1-23(10-16-21-13-8-9-27-17(13)18(24)22-16)19(25)15-7-6-14(26-15)11-4-2-3-5-12(11)20/h2-9H,10H2,1H3,(H,21,22,24). The zero-order valence-corrected chi connectivity index (χ0v) is 15.0. The molecule has 1 N–H and O–H groups in total. The lowest BCUT2D eigenvalue weighted by molar-refractivity contribution is 0.0751. The molecular weight excluding hydrogens is 369 g/mol. The number of hydrogen-bond acceptors (Lipinski definition) is 5. The molecule has 1 aromatic carbocycles. The van der Waals surface area contributed by atoms with Crippen LogP contribution in [0.5, 0.6) is 0 Å². The Morgan fingerprint density at radius 2 is 2.07 bits per heavy atom. The topological polar surface area (TPSA) is 79.2 Å². The fourth-order valence-corrected chi connectivity index (χ4v) is 3.47. The lowest BCUT2D eigenvalue weighted by Crippen LogP contribution is -2.27. The number of carbonyl (C=O) groups is 1. The molecule has 0 unspecified atom stereocenters. The van der Waals surface area contributed by atoms with Crippen LogP contribution in [-0.4, -0.2) is 27.8 Å². The van der Waals surface area contributed by atoms with Crippen molar-refractivity contribution in [1.82, 2.24) is 14.9 Å². The summed E-state index contributed by atoms with van der Waals surface area (Å²) in [6.45, 7) is 0.107. The molecule has 0 spiro atoms. The van der Waals surface area contributed by atoms with Crippen molar-refractivity contribution >= 4 is 27.5 Å². The molecular formula is C19H14FN3O3S. The molecule has 0 saturated carbocycles. The molecule has 0 aliphatic carbocycles. The molecule has 136 valence electrons. The van der Waals surface area contributed by atoms with Crippen LogP contribution in [0, 0.1) is 5.82 Å². The molecule has 0 aliphatic rings. The van der Waals surface area contributed by atoms with Crippen molar-refractivity contribution < 1.29 is 13.6 Å². The number of amides is 1. The molecule has 0 atom stereocenters. The Hall–Kier alpha value is -3.26. The zero-order chi connectivity index (χ0) is 19.0. The second-order valence-corrected chi connectivity index (χ2v) is 6.87. The van der Waals surface area contributed by atoms with Gasteiger partial charge >= 0.3 is 0 Å². The first-order valence-corrected chi connectivity index (χ1v) is 8.97.